The Bertz CT molecular complexity index is 317. The fourth-order valence-electron chi connectivity index (χ4n) is 2.95. The molecule has 1 aliphatic heterocycles. The average molecular weight is 351 g/mol. The Hall–Kier alpha value is 0.491. The number of ether oxygens (including phenoxy) is 1. The lowest BCUT2D eigenvalue weighted by molar-refractivity contribution is 0.291. The molecule has 0 saturated carbocycles. The third kappa shape index (κ3) is 9.27. The van der Waals surface area contributed by atoms with Crippen molar-refractivity contribution in [1.29, 1.82) is 0 Å². The fraction of sp³-hybridized carbons (Fsp3) is 1.00. The second-order valence-electron chi connectivity index (χ2n) is 7.80. The van der Waals surface area contributed by atoms with E-state index in [1.807, 2.05) is 0 Å². The topological polar surface area (TPSA) is 51.2 Å². The van der Waals surface area contributed by atoms with Crippen LogP contribution in [0.2, 0.25) is 51.4 Å². The molecule has 21 heavy (non-hydrogen) atoms. The van der Waals surface area contributed by atoms with Crippen LogP contribution in [0.5, 0.6) is 0 Å². The van der Waals surface area contributed by atoms with Crippen LogP contribution in [0.15, 0.2) is 0 Å². The van der Waals surface area contributed by atoms with Crippen LogP contribution in [0.25, 0.3) is 0 Å². The van der Waals surface area contributed by atoms with E-state index in [2.05, 4.69) is 39.3 Å². The summed E-state index contributed by atoms with van der Waals surface area (Å²) in [4.78, 5) is 0. The van der Waals surface area contributed by atoms with Crippen molar-refractivity contribution in [2.24, 2.45) is 0 Å². The van der Waals surface area contributed by atoms with Crippen LogP contribution in [0, 0.1) is 0 Å². The molecule has 0 aromatic heterocycles. The summed E-state index contributed by atoms with van der Waals surface area (Å²) in [6, 6.07) is 2.19. The lowest BCUT2D eigenvalue weighted by atomic mass is 10.3. The van der Waals surface area contributed by atoms with Gasteiger partial charge in [-0.25, -0.2) is 0 Å². The number of aliphatic hydroxyl groups excluding tert-OH is 1. The number of aliphatic hydroxyl groups is 1. The van der Waals surface area contributed by atoms with Gasteiger partial charge in [-0.15, -0.1) is 0 Å². The van der Waals surface area contributed by atoms with Crippen LogP contribution < -0.4 is 0 Å². The smallest absolute Gasteiger partial charge is 0.311 e. The second kappa shape index (κ2) is 7.85. The Kier molecular flexibility index (Phi) is 7.30. The molecule has 1 fully saturated rings. The van der Waals surface area contributed by atoms with Gasteiger partial charge in [-0.2, -0.15) is 0 Å². The average Bonchev–Trinajstić information content (AvgIpc) is 3.06. The zero-order valence-electron chi connectivity index (χ0n) is 14.7. The predicted octanol–water partition coefficient (Wildman–Crippen LogP) is 3.69. The number of rotatable bonds is 11. The van der Waals surface area contributed by atoms with Gasteiger partial charge in [-0.3, -0.25) is 0 Å². The first-order chi connectivity index (χ1) is 9.55. The number of hydrogen-bond acceptors (Lipinski definition) is 4. The van der Waals surface area contributed by atoms with Crippen LogP contribution in [-0.2, 0) is 13.0 Å². The lowest BCUT2D eigenvalue weighted by Gasteiger charge is -2.38. The van der Waals surface area contributed by atoms with Gasteiger partial charge in [-0.1, -0.05) is 6.42 Å². The minimum atomic E-state index is -2.08. The lowest BCUT2D eigenvalue weighted by Crippen LogP contribution is -2.52. The summed E-state index contributed by atoms with van der Waals surface area (Å²) < 4.78 is 18.3. The monoisotopic (exact) mass is 350 g/mol. The van der Waals surface area contributed by atoms with Crippen LogP contribution in [0.3, 0.4) is 0 Å². The third-order valence-corrected chi connectivity index (χ3v) is 15.2. The molecule has 1 saturated heterocycles. The summed E-state index contributed by atoms with van der Waals surface area (Å²) in [5.41, 5.74) is 0. The fourth-order valence-corrected chi connectivity index (χ4v) is 17.0. The van der Waals surface area contributed by atoms with Gasteiger partial charge >= 0.3 is 8.56 Å². The molecule has 1 aliphatic rings. The molecule has 1 atom stereocenters. The Balaban J connectivity index is 2.40. The first-order valence-electron chi connectivity index (χ1n) is 8.18. The summed E-state index contributed by atoms with van der Waals surface area (Å²) in [7, 11) is -5.45. The molecule has 1 unspecified atom stereocenters. The van der Waals surface area contributed by atoms with Crippen LogP contribution >= 0.6 is 0 Å². The van der Waals surface area contributed by atoms with Gasteiger partial charge < -0.3 is 18.1 Å². The van der Waals surface area contributed by atoms with E-state index >= 15 is 0 Å². The highest BCUT2D eigenvalue weighted by molar-refractivity contribution is 6.87. The summed E-state index contributed by atoms with van der Waals surface area (Å²) in [6.07, 6.45) is 3.76. The van der Waals surface area contributed by atoms with Crippen LogP contribution in [-0.4, -0.2) is 49.6 Å². The molecule has 0 radical (unpaired) electrons. The van der Waals surface area contributed by atoms with Gasteiger partial charge in [0, 0.05) is 6.61 Å². The zero-order chi connectivity index (χ0) is 16.1. The first kappa shape index (κ1) is 19.5. The van der Waals surface area contributed by atoms with Gasteiger partial charge in [0.25, 0.3) is 0 Å². The highest BCUT2D eigenvalue weighted by Crippen LogP contribution is 2.27. The summed E-state index contributed by atoms with van der Waals surface area (Å²) in [5, 5.41) is 9.00. The number of hydrogen-bond donors (Lipinski definition) is 1. The standard InChI is InChI=1S/C14H34O4Si3/c1-19(2,11-7-9-14-13-16-14)17-21(5,6)18-20(3,4)12-8-10-15/h14-15H,7-13H2,1-6H3. The molecule has 0 aromatic rings. The van der Waals surface area contributed by atoms with E-state index in [4.69, 9.17) is 18.1 Å². The Morgan fingerprint density at radius 2 is 1.43 bits per heavy atom. The van der Waals surface area contributed by atoms with E-state index in [0.29, 0.717) is 6.10 Å². The van der Waals surface area contributed by atoms with Gasteiger partial charge in [0.05, 0.1) is 12.7 Å². The second-order valence-corrected chi connectivity index (χ2v) is 20.3. The maximum Gasteiger partial charge on any atom is 0.311 e. The molecule has 4 nitrogen and oxygen atoms in total. The Morgan fingerprint density at radius 1 is 0.952 bits per heavy atom. The molecule has 0 bridgehead atoms. The van der Waals surface area contributed by atoms with Crippen molar-refractivity contribution in [3.05, 3.63) is 0 Å². The summed E-state index contributed by atoms with van der Waals surface area (Å²) in [5.74, 6) is 0. The van der Waals surface area contributed by atoms with Crippen molar-refractivity contribution in [1.82, 2.24) is 0 Å². The minimum Gasteiger partial charge on any atom is -0.437 e. The van der Waals surface area contributed by atoms with Crippen molar-refractivity contribution >= 4 is 25.2 Å². The summed E-state index contributed by atoms with van der Waals surface area (Å²) >= 11 is 0. The first-order valence-corrected chi connectivity index (χ1v) is 17.2. The van der Waals surface area contributed by atoms with Crippen molar-refractivity contribution in [3.8, 4) is 0 Å². The molecular formula is C14H34O4Si3. The normalized spacial score (nSPS) is 19.9. The maximum atomic E-state index is 9.00. The third-order valence-electron chi connectivity index (χ3n) is 3.69. The summed E-state index contributed by atoms with van der Waals surface area (Å²) in [6.45, 7) is 14.7. The van der Waals surface area contributed by atoms with Crippen LogP contribution in [0.1, 0.15) is 19.3 Å². The van der Waals surface area contributed by atoms with E-state index in [0.717, 1.165) is 19.1 Å². The quantitative estimate of drug-likeness (QED) is 0.456. The molecule has 7 heteroatoms. The largest absolute Gasteiger partial charge is 0.437 e. The molecule has 0 aromatic carbocycles. The molecule has 1 rings (SSSR count). The molecule has 126 valence electrons. The van der Waals surface area contributed by atoms with Gasteiger partial charge in [-0.05, 0) is 64.2 Å². The Morgan fingerprint density at radius 3 is 1.86 bits per heavy atom. The SMILES string of the molecule is C[Si](C)(CCCO)O[Si](C)(C)O[Si](C)(C)CCCC1CO1. The number of epoxide rings is 1. The zero-order valence-corrected chi connectivity index (χ0v) is 17.7. The van der Waals surface area contributed by atoms with E-state index in [9.17, 15) is 0 Å². The molecule has 0 aliphatic carbocycles. The van der Waals surface area contributed by atoms with E-state index in [1.54, 1.807) is 0 Å². The highest BCUT2D eigenvalue weighted by atomic mass is 28.5. The molecule has 0 spiro atoms. The Labute approximate surface area is 133 Å². The van der Waals surface area contributed by atoms with Crippen molar-refractivity contribution in [2.75, 3.05) is 13.2 Å². The maximum absolute atomic E-state index is 9.00. The highest BCUT2D eigenvalue weighted by Gasteiger charge is 2.39. The molecule has 0 amide bonds. The van der Waals surface area contributed by atoms with Gasteiger partial charge in [0.2, 0.25) is 0 Å². The molecular weight excluding hydrogens is 316 g/mol. The van der Waals surface area contributed by atoms with E-state index < -0.39 is 25.2 Å². The van der Waals surface area contributed by atoms with E-state index in [1.165, 1.54) is 18.9 Å². The molecule has 1 heterocycles. The van der Waals surface area contributed by atoms with Crippen molar-refractivity contribution in [2.45, 2.75) is 76.7 Å². The van der Waals surface area contributed by atoms with Gasteiger partial charge in [0.1, 0.15) is 0 Å². The van der Waals surface area contributed by atoms with Gasteiger partial charge in [0.15, 0.2) is 16.6 Å². The minimum absolute atomic E-state index is 0.256. The van der Waals surface area contributed by atoms with Crippen molar-refractivity contribution < 1.29 is 18.1 Å². The van der Waals surface area contributed by atoms with Crippen LogP contribution in [0.4, 0.5) is 0 Å². The predicted molar refractivity (Wildman–Crippen MR) is 94.9 cm³/mol. The van der Waals surface area contributed by atoms with E-state index in [-0.39, 0.29) is 6.61 Å². The van der Waals surface area contributed by atoms with Crippen molar-refractivity contribution in [3.63, 3.8) is 0 Å². The molecule has 1 N–H and O–H groups in total.